The molecule has 104 valence electrons. The predicted octanol–water partition coefficient (Wildman–Crippen LogP) is 4.00. The molecule has 0 aromatic heterocycles. The zero-order valence-electron chi connectivity index (χ0n) is 12.4. The summed E-state index contributed by atoms with van der Waals surface area (Å²) in [6, 6.07) is 0.696. The Morgan fingerprint density at radius 1 is 1.00 bits per heavy atom. The quantitative estimate of drug-likeness (QED) is 0.523. The number of unbranched alkanes of at least 4 members (excludes halogenated alkanes) is 1. The lowest BCUT2D eigenvalue weighted by Gasteiger charge is -2.27. The topological polar surface area (TPSA) is 21.3 Å². The first kappa shape index (κ1) is 16.9. The molecule has 0 aliphatic heterocycles. The van der Waals surface area contributed by atoms with Crippen molar-refractivity contribution in [3.63, 3.8) is 0 Å². The summed E-state index contributed by atoms with van der Waals surface area (Å²) in [7, 11) is 1.79. The zero-order valence-corrected chi connectivity index (χ0v) is 12.4. The second-order valence-corrected chi connectivity index (χ2v) is 5.01. The molecular weight excluding hydrogens is 210 g/mol. The number of hydrogen-bond acceptors (Lipinski definition) is 2. The van der Waals surface area contributed by atoms with Crippen LogP contribution in [-0.4, -0.2) is 26.3 Å². The van der Waals surface area contributed by atoms with E-state index in [1.807, 2.05) is 0 Å². The SMILES string of the molecule is CCCCC(CC)C(CCCOC)NCCC. The summed E-state index contributed by atoms with van der Waals surface area (Å²) in [5.74, 6) is 0.846. The van der Waals surface area contributed by atoms with Crippen molar-refractivity contribution in [2.24, 2.45) is 5.92 Å². The summed E-state index contributed by atoms with van der Waals surface area (Å²) < 4.78 is 5.16. The van der Waals surface area contributed by atoms with Gasteiger partial charge in [0.1, 0.15) is 0 Å². The lowest BCUT2D eigenvalue weighted by molar-refractivity contribution is 0.181. The van der Waals surface area contributed by atoms with Crippen molar-refractivity contribution < 1.29 is 4.74 Å². The first-order valence-electron chi connectivity index (χ1n) is 7.52. The molecule has 0 aromatic rings. The number of rotatable bonds is 12. The highest BCUT2D eigenvalue weighted by atomic mass is 16.5. The lowest BCUT2D eigenvalue weighted by Crippen LogP contribution is -2.36. The molecule has 0 bridgehead atoms. The highest BCUT2D eigenvalue weighted by molar-refractivity contribution is 4.75. The second-order valence-electron chi connectivity index (χ2n) is 5.01. The Balaban J connectivity index is 4.08. The predicted molar refractivity (Wildman–Crippen MR) is 76.5 cm³/mol. The molecule has 1 N–H and O–H groups in total. The van der Waals surface area contributed by atoms with Crippen LogP contribution in [0, 0.1) is 5.92 Å². The van der Waals surface area contributed by atoms with Crippen LogP contribution in [-0.2, 0) is 4.74 Å². The molecule has 2 nitrogen and oxygen atoms in total. The third kappa shape index (κ3) is 8.62. The molecule has 0 saturated heterocycles. The maximum atomic E-state index is 5.16. The van der Waals surface area contributed by atoms with Gasteiger partial charge in [0.15, 0.2) is 0 Å². The minimum absolute atomic E-state index is 0.696. The average Bonchev–Trinajstić information content (AvgIpc) is 2.36. The molecular formula is C15H33NO. The van der Waals surface area contributed by atoms with E-state index < -0.39 is 0 Å². The Kier molecular flexibility index (Phi) is 12.3. The first-order valence-corrected chi connectivity index (χ1v) is 7.52. The van der Waals surface area contributed by atoms with Crippen LogP contribution in [0.15, 0.2) is 0 Å². The van der Waals surface area contributed by atoms with Gasteiger partial charge in [-0.15, -0.1) is 0 Å². The third-order valence-electron chi connectivity index (χ3n) is 3.54. The molecule has 0 aliphatic rings. The summed E-state index contributed by atoms with van der Waals surface area (Å²) in [4.78, 5) is 0. The van der Waals surface area contributed by atoms with Crippen LogP contribution in [0.25, 0.3) is 0 Å². The van der Waals surface area contributed by atoms with E-state index in [0.717, 1.165) is 19.1 Å². The Morgan fingerprint density at radius 2 is 1.76 bits per heavy atom. The fraction of sp³-hybridized carbons (Fsp3) is 1.00. The van der Waals surface area contributed by atoms with Crippen molar-refractivity contribution in [2.75, 3.05) is 20.3 Å². The molecule has 0 fully saturated rings. The highest BCUT2D eigenvalue weighted by Crippen LogP contribution is 2.20. The van der Waals surface area contributed by atoms with E-state index in [1.165, 1.54) is 44.9 Å². The zero-order chi connectivity index (χ0) is 12.9. The van der Waals surface area contributed by atoms with Gasteiger partial charge in [-0.2, -0.15) is 0 Å². The molecule has 17 heavy (non-hydrogen) atoms. The van der Waals surface area contributed by atoms with Crippen LogP contribution in [0.5, 0.6) is 0 Å². The lowest BCUT2D eigenvalue weighted by atomic mass is 9.88. The third-order valence-corrected chi connectivity index (χ3v) is 3.54. The van der Waals surface area contributed by atoms with Crippen molar-refractivity contribution in [3.05, 3.63) is 0 Å². The van der Waals surface area contributed by atoms with Gasteiger partial charge < -0.3 is 10.1 Å². The monoisotopic (exact) mass is 243 g/mol. The Bertz CT molecular complexity index is 150. The van der Waals surface area contributed by atoms with Crippen molar-refractivity contribution in [1.82, 2.24) is 5.32 Å². The van der Waals surface area contributed by atoms with Crippen LogP contribution in [0.3, 0.4) is 0 Å². The van der Waals surface area contributed by atoms with Gasteiger partial charge in [-0.25, -0.2) is 0 Å². The summed E-state index contributed by atoms with van der Waals surface area (Å²) in [6.45, 7) is 8.91. The number of methoxy groups -OCH3 is 1. The largest absolute Gasteiger partial charge is 0.385 e. The summed E-state index contributed by atoms with van der Waals surface area (Å²) in [5.41, 5.74) is 0. The molecule has 0 saturated carbocycles. The van der Waals surface area contributed by atoms with E-state index in [-0.39, 0.29) is 0 Å². The molecule has 2 heteroatoms. The van der Waals surface area contributed by atoms with E-state index in [2.05, 4.69) is 26.1 Å². The summed E-state index contributed by atoms with van der Waals surface area (Å²) >= 11 is 0. The number of nitrogens with one attached hydrogen (secondary N) is 1. The van der Waals surface area contributed by atoms with Crippen LogP contribution in [0.4, 0.5) is 0 Å². The first-order chi connectivity index (χ1) is 8.29. The molecule has 0 amide bonds. The second kappa shape index (κ2) is 12.4. The van der Waals surface area contributed by atoms with Crippen molar-refractivity contribution in [3.8, 4) is 0 Å². The summed E-state index contributed by atoms with van der Waals surface area (Å²) in [6.07, 6.45) is 9.03. The van der Waals surface area contributed by atoms with Gasteiger partial charge in [0.2, 0.25) is 0 Å². The van der Waals surface area contributed by atoms with Gasteiger partial charge in [0, 0.05) is 19.8 Å². The van der Waals surface area contributed by atoms with Crippen LogP contribution in [0.1, 0.15) is 65.7 Å². The van der Waals surface area contributed by atoms with Crippen molar-refractivity contribution in [2.45, 2.75) is 71.8 Å². The molecule has 0 aliphatic carbocycles. The van der Waals surface area contributed by atoms with Crippen LogP contribution in [0.2, 0.25) is 0 Å². The molecule has 0 heterocycles. The van der Waals surface area contributed by atoms with Gasteiger partial charge in [0.25, 0.3) is 0 Å². The highest BCUT2D eigenvalue weighted by Gasteiger charge is 2.18. The van der Waals surface area contributed by atoms with Gasteiger partial charge in [-0.3, -0.25) is 0 Å². The van der Waals surface area contributed by atoms with Crippen LogP contribution < -0.4 is 5.32 Å². The van der Waals surface area contributed by atoms with Gasteiger partial charge >= 0.3 is 0 Å². The van der Waals surface area contributed by atoms with Gasteiger partial charge in [-0.1, -0.05) is 40.0 Å². The van der Waals surface area contributed by atoms with Crippen LogP contribution >= 0.6 is 0 Å². The minimum Gasteiger partial charge on any atom is -0.385 e. The van der Waals surface area contributed by atoms with E-state index in [9.17, 15) is 0 Å². The minimum atomic E-state index is 0.696. The smallest absolute Gasteiger partial charge is 0.0462 e. The Labute approximate surface area is 109 Å². The van der Waals surface area contributed by atoms with E-state index >= 15 is 0 Å². The molecule has 0 aromatic carbocycles. The standard InChI is InChI=1S/C15H33NO/c1-5-8-10-14(7-3)15(16-12-6-2)11-9-13-17-4/h14-16H,5-13H2,1-4H3. The molecule has 0 rings (SSSR count). The summed E-state index contributed by atoms with van der Waals surface area (Å²) in [5, 5.41) is 3.73. The molecule has 2 unspecified atom stereocenters. The molecule has 2 atom stereocenters. The van der Waals surface area contributed by atoms with E-state index in [0.29, 0.717) is 6.04 Å². The van der Waals surface area contributed by atoms with Gasteiger partial charge in [-0.05, 0) is 38.1 Å². The average molecular weight is 243 g/mol. The Hall–Kier alpha value is -0.0800. The fourth-order valence-corrected chi connectivity index (χ4v) is 2.44. The van der Waals surface area contributed by atoms with Crippen molar-refractivity contribution >= 4 is 0 Å². The van der Waals surface area contributed by atoms with Crippen molar-refractivity contribution in [1.29, 1.82) is 0 Å². The maximum Gasteiger partial charge on any atom is 0.0462 e. The fourth-order valence-electron chi connectivity index (χ4n) is 2.44. The molecule has 0 spiro atoms. The molecule has 0 radical (unpaired) electrons. The normalized spacial score (nSPS) is 14.8. The van der Waals surface area contributed by atoms with E-state index in [4.69, 9.17) is 4.74 Å². The van der Waals surface area contributed by atoms with E-state index in [1.54, 1.807) is 7.11 Å². The number of ether oxygens (including phenoxy) is 1. The Morgan fingerprint density at radius 3 is 2.29 bits per heavy atom. The van der Waals surface area contributed by atoms with Gasteiger partial charge in [0.05, 0.1) is 0 Å². The maximum absolute atomic E-state index is 5.16. The number of hydrogen-bond donors (Lipinski definition) is 1.